The van der Waals surface area contributed by atoms with Crippen LogP contribution in [-0.2, 0) is 0 Å². The number of hydrogen-bond donors (Lipinski definition) is 2. The monoisotopic (exact) mass is 356 g/mol. The molecule has 0 amide bonds. The molecule has 3 aromatic heterocycles. The van der Waals surface area contributed by atoms with Crippen molar-refractivity contribution >= 4 is 22.7 Å². The Kier molecular flexibility index (Phi) is 3.74. The number of fused-ring (bicyclic) bond motifs is 1. The third-order valence-electron chi connectivity index (χ3n) is 5.30. The minimum absolute atomic E-state index is 0.276. The van der Waals surface area contributed by atoms with Crippen LogP contribution in [0.5, 0.6) is 0 Å². The Morgan fingerprint density at radius 1 is 1.04 bits per heavy atom. The van der Waals surface area contributed by atoms with Crippen LogP contribution in [0.25, 0.3) is 22.3 Å². The van der Waals surface area contributed by atoms with Gasteiger partial charge in [-0.2, -0.15) is 0 Å². The largest absolute Gasteiger partial charge is 0.370 e. The number of pyridine rings is 1. The summed E-state index contributed by atoms with van der Waals surface area (Å²) in [5, 5.41) is 1.09. The fourth-order valence-corrected chi connectivity index (χ4v) is 4.00. The second kappa shape index (κ2) is 6.39. The molecule has 1 atom stereocenters. The highest BCUT2D eigenvalue weighted by molar-refractivity contribution is 6.02. The molecule has 5 rings (SSSR count). The van der Waals surface area contributed by atoms with Gasteiger partial charge in [0.05, 0.1) is 16.8 Å². The van der Waals surface area contributed by atoms with Gasteiger partial charge in [-0.15, -0.1) is 0 Å². The van der Waals surface area contributed by atoms with Gasteiger partial charge in [-0.1, -0.05) is 30.3 Å². The van der Waals surface area contributed by atoms with Gasteiger partial charge in [0, 0.05) is 43.2 Å². The zero-order valence-electron chi connectivity index (χ0n) is 14.8. The predicted molar refractivity (Wildman–Crippen MR) is 108 cm³/mol. The molecule has 3 N–H and O–H groups in total. The third kappa shape index (κ3) is 2.79. The van der Waals surface area contributed by atoms with E-state index in [1.165, 1.54) is 11.3 Å². The smallest absolute Gasteiger partial charge is 0.220 e. The molecule has 0 radical (unpaired) electrons. The molecule has 1 unspecified atom stereocenters. The van der Waals surface area contributed by atoms with Crippen LogP contribution in [-0.4, -0.2) is 33.0 Å². The molecular formula is C21H20N6. The molecule has 4 aromatic rings. The first-order valence-electron chi connectivity index (χ1n) is 9.14. The van der Waals surface area contributed by atoms with Crippen LogP contribution < -0.4 is 10.6 Å². The second-order valence-corrected chi connectivity index (χ2v) is 6.90. The Labute approximate surface area is 157 Å². The number of benzene rings is 1. The first-order chi connectivity index (χ1) is 13.3. The number of nitrogen functional groups attached to an aromatic ring is 1. The van der Waals surface area contributed by atoms with Crippen molar-refractivity contribution in [3.63, 3.8) is 0 Å². The van der Waals surface area contributed by atoms with Gasteiger partial charge in [-0.25, -0.2) is 15.0 Å². The fourth-order valence-electron chi connectivity index (χ4n) is 4.00. The average Bonchev–Trinajstić information content (AvgIpc) is 3.36. The summed E-state index contributed by atoms with van der Waals surface area (Å²) in [4.78, 5) is 18.6. The molecule has 4 heterocycles. The lowest BCUT2D eigenvalue weighted by Crippen LogP contribution is -2.19. The number of hydrogen-bond acceptors (Lipinski definition) is 5. The number of nitrogens with two attached hydrogens (primary N) is 1. The van der Waals surface area contributed by atoms with Gasteiger partial charge in [-0.05, 0) is 24.1 Å². The number of aromatic amines is 1. The molecule has 1 fully saturated rings. The van der Waals surface area contributed by atoms with Crippen LogP contribution in [0, 0.1) is 0 Å². The van der Waals surface area contributed by atoms with E-state index in [1.54, 1.807) is 6.20 Å². The van der Waals surface area contributed by atoms with Crippen LogP contribution in [0.2, 0.25) is 0 Å². The molecule has 134 valence electrons. The van der Waals surface area contributed by atoms with Crippen LogP contribution in [0.15, 0.2) is 61.1 Å². The maximum Gasteiger partial charge on any atom is 0.220 e. The summed E-state index contributed by atoms with van der Waals surface area (Å²) in [5.41, 5.74) is 11.1. The molecule has 1 aliphatic rings. The van der Waals surface area contributed by atoms with Crippen molar-refractivity contribution in [1.29, 1.82) is 0 Å². The number of nitrogens with zero attached hydrogens (tertiary/aromatic N) is 4. The van der Waals surface area contributed by atoms with E-state index in [4.69, 9.17) is 5.73 Å². The van der Waals surface area contributed by atoms with Crippen LogP contribution in [0.1, 0.15) is 17.9 Å². The summed E-state index contributed by atoms with van der Waals surface area (Å²) in [6.45, 7) is 2.02. The Hall–Kier alpha value is -3.41. The maximum atomic E-state index is 5.79. The van der Waals surface area contributed by atoms with E-state index in [2.05, 4.69) is 61.2 Å². The summed E-state index contributed by atoms with van der Waals surface area (Å²) in [6, 6.07) is 14.7. The molecule has 1 saturated heterocycles. The standard InChI is InChI=1S/C21H20N6/c22-21-24-9-6-17(26-21)16-12-25-20-19(16)18(7-10-23-20)27-11-8-15(13-27)14-4-2-1-3-5-14/h1-7,9-10,12,15H,8,11,13H2,(H,23,25)(H2,22,24,26). The molecule has 0 bridgehead atoms. The number of nitrogens with one attached hydrogen (secondary N) is 1. The molecule has 6 heteroatoms. The Morgan fingerprint density at radius 3 is 2.74 bits per heavy atom. The van der Waals surface area contributed by atoms with Crippen molar-refractivity contribution in [2.45, 2.75) is 12.3 Å². The molecule has 1 aliphatic heterocycles. The minimum atomic E-state index is 0.276. The topological polar surface area (TPSA) is 83.7 Å². The fraction of sp³-hybridized carbons (Fsp3) is 0.190. The van der Waals surface area contributed by atoms with Gasteiger partial charge in [0.25, 0.3) is 0 Å². The van der Waals surface area contributed by atoms with Gasteiger partial charge in [-0.3, -0.25) is 0 Å². The summed E-state index contributed by atoms with van der Waals surface area (Å²) < 4.78 is 0. The number of aromatic nitrogens is 4. The van der Waals surface area contributed by atoms with Crippen molar-refractivity contribution in [3.8, 4) is 11.3 Å². The van der Waals surface area contributed by atoms with Crippen molar-refractivity contribution in [2.75, 3.05) is 23.7 Å². The molecule has 0 saturated carbocycles. The maximum absolute atomic E-state index is 5.79. The van der Waals surface area contributed by atoms with Crippen LogP contribution in [0.4, 0.5) is 11.6 Å². The van der Waals surface area contributed by atoms with E-state index < -0.39 is 0 Å². The first kappa shape index (κ1) is 15.8. The Morgan fingerprint density at radius 2 is 1.89 bits per heavy atom. The lowest BCUT2D eigenvalue weighted by Gasteiger charge is -2.20. The van der Waals surface area contributed by atoms with Crippen molar-refractivity contribution in [2.24, 2.45) is 0 Å². The average molecular weight is 356 g/mol. The normalized spacial score (nSPS) is 16.9. The zero-order valence-corrected chi connectivity index (χ0v) is 14.8. The van der Waals surface area contributed by atoms with E-state index in [0.717, 1.165) is 41.8 Å². The van der Waals surface area contributed by atoms with E-state index >= 15 is 0 Å². The zero-order chi connectivity index (χ0) is 18.2. The van der Waals surface area contributed by atoms with E-state index in [0.29, 0.717) is 5.92 Å². The third-order valence-corrected chi connectivity index (χ3v) is 5.30. The Bertz CT molecular complexity index is 1090. The minimum Gasteiger partial charge on any atom is -0.370 e. The number of H-pyrrole nitrogens is 1. The lowest BCUT2D eigenvalue weighted by atomic mass is 9.99. The predicted octanol–water partition coefficient (Wildman–Crippen LogP) is 3.60. The van der Waals surface area contributed by atoms with Gasteiger partial charge >= 0.3 is 0 Å². The highest BCUT2D eigenvalue weighted by Gasteiger charge is 2.26. The molecule has 0 spiro atoms. The highest BCUT2D eigenvalue weighted by atomic mass is 15.2. The SMILES string of the molecule is Nc1nccc(-c2c[nH]c3nccc(N4CCC(c5ccccc5)C4)c23)n1. The molecular weight excluding hydrogens is 336 g/mol. The molecule has 0 aliphatic carbocycles. The van der Waals surface area contributed by atoms with E-state index in [1.807, 2.05) is 18.5 Å². The van der Waals surface area contributed by atoms with Gasteiger partial charge in [0.2, 0.25) is 5.95 Å². The Balaban J connectivity index is 1.55. The van der Waals surface area contributed by atoms with Crippen molar-refractivity contribution in [3.05, 3.63) is 66.6 Å². The molecule has 1 aromatic carbocycles. The van der Waals surface area contributed by atoms with Crippen LogP contribution >= 0.6 is 0 Å². The number of rotatable bonds is 3. The molecule has 6 nitrogen and oxygen atoms in total. The summed E-state index contributed by atoms with van der Waals surface area (Å²) in [5.74, 6) is 0.823. The van der Waals surface area contributed by atoms with Crippen molar-refractivity contribution < 1.29 is 0 Å². The van der Waals surface area contributed by atoms with Gasteiger partial charge in [0.1, 0.15) is 5.65 Å². The van der Waals surface area contributed by atoms with Gasteiger partial charge < -0.3 is 15.6 Å². The van der Waals surface area contributed by atoms with E-state index in [9.17, 15) is 0 Å². The van der Waals surface area contributed by atoms with Gasteiger partial charge in [0.15, 0.2) is 0 Å². The van der Waals surface area contributed by atoms with Crippen molar-refractivity contribution in [1.82, 2.24) is 19.9 Å². The lowest BCUT2D eigenvalue weighted by molar-refractivity contribution is 0.775. The summed E-state index contributed by atoms with van der Waals surface area (Å²) in [6.07, 6.45) is 6.65. The summed E-state index contributed by atoms with van der Waals surface area (Å²) >= 11 is 0. The second-order valence-electron chi connectivity index (χ2n) is 6.90. The highest BCUT2D eigenvalue weighted by Crippen LogP contribution is 2.38. The quantitative estimate of drug-likeness (QED) is 0.586. The van der Waals surface area contributed by atoms with Crippen LogP contribution in [0.3, 0.4) is 0 Å². The van der Waals surface area contributed by atoms with E-state index in [-0.39, 0.29) is 5.95 Å². The first-order valence-corrected chi connectivity index (χ1v) is 9.14. The molecule has 27 heavy (non-hydrogen) atoms. The summed E-state index contributed by atoms with van der Waals surface area (Å²) in [7, 11) is 0. The number of anilines is 2.